The Morgan fingerprint density at radius 2 is 1.84 bits per heavy atom. The number of anilines is 1. The molecule has 0 aliphatic carbocycles. The monoisotopic (exact) mass is 360 g/mol. The molecule has 0 radical (unpaired) electrons. The number of hydrogen-bond acceptors (Lipinski definition) is 5. The highest BCUT2D eigenvalue weighted by Gasteiger charge is 2.38. The molecule has 7 nitrogen and oxygen atoms in total. The van der Waals surface area contributed by atoms with Crippen molar-refractivity contribution in [1.82, 2.24) is 0 Å². The molecule has 136 valence electrons. The molecule has 0 fully saturated rings. The van der Waals surface area contributed by atoms with Crippen molar-refractivity contribution in [2.24, 2.45) is 5.73 Å². The van der Waals surface area contributed by atoms with E-state index in [0.29, 0.717) is 11.3 Å². The summed E-state index contributed by atoms with van der Waals surface area (Å²) in [6.07, 6.45) is -5.08. The smallest absolute Gasteiger partial charge is 0.475 e. The third kappa shape index (κ3) is 5.92. The molecule has 0 spiro atoms. The highest BCUT2D eigenvalue weighted by molar-refractivity contribution is 5.96. The van der Waals surface area contributed by atoms with Crippen LogP contribution in [0, 0.1) is 6.92 Å². The maximum absolute atomic E-state index is 11.5. The van der Waals surface area contributed by atoms with Crippen LogP contribution in [-0.4, -0.2) is 29.2 Å². The first-order valence-corrected chi connectivity index (χ1v) is 6.83. The van der Waals surface area contributed by atoms with Gasteiger partial charge in [0, 0.05) is 23.2 Å². The predicted octanol–water partition coefficient (Wildman–Crippen LogP) is 2.02. The molecule has 0 saturated carbocycles. The van der Waals surface area contributed by atoms with Crippen molar-refractivity contribution in [1.29, 1.82) is 0 Å². The molecular weight excluding hydrogens is 345 g/mol. The van der Waals surface area contributed by atoms with Crippen LogP contribution in [0.4, 0.5) is 18.9 Å². The van der Waals surface area contributed by atoms with Gasteiger partial charge in [0.15, 0.2) is 0 Å². The number of hydrogen-bond donors (Lipinski definition) is 3. The number of rotatable bonds is 2. The Morgan fingerprint density at radius 3 is 2.32 bits per heavy atom. The molecule has 0 bridgehead atoms. The lowest BCUT2D eigenvalue weighted by atomic mass is 10.1. The molecule has 1 aromatic carbocycles. The first kappa shape index (κ1) is 20.2. The maximum Gasteiger partial charge on any atom is 0.490 e. The highest BCUT2D eigenvalue weighted by atomic mass is 19.4. The van der Waals surface area contributed by atoms with Crippen molar-refractivity contribution in [2.75, 3.05) is 5.32 Å². The fourth-order valence-corrected chi connectivity index (χ4v) is 1.66. The second-order valence-electron chi connectivity index (χ2n) is 5.04. The summed E-state index contributed by atoms with van der Waals surface area (Å²) in [6, 6.07) is 6.00. The molecule has 4 N–H and O–H groups in total. The summed E-state index contributed by atoms with van der Waals surface area (Å²) in [7, 11) is 0. The number of aliphatic carboxylic acids is 1. The molecule has 1 amide bonds. The lowest BCUT2D eigenvalue weighted by Gasteiger charge is -2.08. The van der Waals surface area contributed by atoms with Gasteiger partial charge in [-0.25, -0.2) is 9.59 Å². The Labute approximate surface area is 139 Å². The first-order valence-electron chi connectivity index (χ1n) is 6.83. The molecular formula is C15H15F3N2O5. The molecule has 1 atom stereocenters. The number of alkyl halides is 3. The number of nitrogens with one attached hydrogen (secondary N) is 1. The predicted molar refractivity (Wildman–Crippen MR) is 83.2 cm³/mol. The highest BCUT2D eigenvalue weighted by Crippen LogP contribution is 2.20. The number of carbonyl (C=O) groups excluding carboxylic acids is 1. The van der Waals surface area contributed by atoms with Crippen LogP contribution in [0.5, 0.6) is 0 Å². The minimum Gasteiger partial charge on any atom is -0.475 e. The number of fused-ring (bicyclic) bond motifs is 1. The molecule has 10 heteroatoms. The molecule has 0 unspecified atom stereocenters. The Hall–Kier alpha value is -2.88. The van der Waals surface area contributed by atoms with Crippen molar-refractivity contribution in [3.63, 3.8) is 0 Å². The topological polar surface area (TPSA) is 123 Å². The van der Waals surface area contributed by atoms with Gasteiger partial charge in [-0.05, 0) is 31.5 Å². The van der Waals surface area contributed by atoms with Gasteiger partial charge in [0.2, 0.25) is 5.91 Å². The van der Waals surface area contributed by atoms with E-state index < -0.39 is 23.8 Å². The van der Waals surface area contributed by atoms with Crippen LogP contribution in [0.3, 0.4) is 0 Å². The minimum absolute atomic E-state index is 0.288. The molecule has 2 rings (SSSR count). The van der Waals surface area contributed by atoms with Gasteiger partial charge in [-0.2, -0.15) is 13.2 Å². The third-order valence-electron chi connectivity index (χ3n) is 2.87. The summed E-state index contributed by atoms with van der Waals surface area (Å²) in [4.78, 5) is 31.6. The Kier molecular flexibility index (Phi) is 6.29. The first-order chi connectivity index (χ1) is 11.4. The van der Waals surface area contributed by atoms with E-state index in [4.69, 9.17) is 20.1 Å². The molecule has 1 aromatic heterocycles. The van der Waals surface area contributed by atoms with Crippen LogP contribution in [0.15, 0.2) is 33.5 Å². The molecule has 0 aliphatic heterocycles. The van der Waals surface area contributed by atoms with Crippen molar-refractivity contribution >= 4 is 28.5 Å². The van der Waals surface area contributed by atoms with Gasteiger partial charge >= 0.3 is 17.8 Å². The molecule has 25 heavy (non-hydrogen) atoms. The number of nitrogens with two attached hydrogens (primary N) is 1. The zero-order valence-corrected chi connectivity index (χ0v) is 13.2. The van der Waals surface area contributed by atoms with E-state index in [1.165, 1.54) is 6.07 Å². The number of carbonyl (C=O) groups is 2. The Morgan fingerprint density at radius 1 is 1.28 bits per heavy atom. The lowest BCUT2D eigenvalue weighted by Crippen LogP contribution is -2.32. The summed E-state index contributed by atoms with van der Waals surface area (Å²) >= 11 is 0. The minimum atomic E-state index is -5.08. The lowest BCUT2D eigenvalue weighted by molar-refractivity contribution is -0.192. The van der Waals surface area contributed by atoms with Gasteiger partial charge < -0.3 is 20.6 Å². The van der Waals surface area contributed by atoms with Crippen LogP contribution in [-0.2, 0) is 9.59 Å². The van der Waals surface area contributed by atoms with Crippen LogP contribution in [0.1, 0.15) is 12.5 Å². The van der Waals surface area contributed by atoms with Crippen molar-refractivity contribution < 1.29 is 32.3 Å². The molecule has 1 heterocycles. The second kappa shape index (κ2) is 7.79. The van der Waals surface area contributed by atoms with E-state index in [0.717, 1.165) is 10.9 Å². The summed E-state index contributed by atoms with van der Waals surface area (Å²) in [5.41, 5.74) is 6.89. The number of aryl methyl sites for hydroxylation is 1. The van der Waals surface area contributed by atoms with Crippen molar-refractivity contribution in [2.45, 2.75) is 26.1 Å². The zero-order chi connectivity index (χ0) is 19.4. The van der Waals surface area contributed by atoms with Gasteiger partial charge in [0.25, 0.3) is 0 Å². The van der Waals surface area contributed by atoms with Gasteiger partial charge in [-0.15, -0.1) is 0 Å². The molecule has 2 aromatic rings. The van der Waals surface area contributed by atoms with Gasteiger partial charge in [-0.1, -0.05) is 0 Å². The van der Waals surface area contributed by atoms with Gasteiger partial charge in [0.05, 0.1) is 6.04 Å². The molecule has 0 aliphatic rings. The van der Waals surface area contributed by atoms with E-state index in [9.17, 15) is 22.8 Å². The van der Waals surface area contributed by atoms with Gasteiger partial charge in [0.1, 0.15) is 5.58 Å². The van der Waals surface area contributed by atoms with Crippen molar-refractivity contribution in [3.8, 4) is 0 Å². The van der Waals surface area contributed by atoms with Gasteiger partial charge in [-0.3, -0.25) is 4.79 Å². The SMILES string of the molecule is Cc1cc(=O)oc2cc(NC(=O)[C@H](C)N)ccc12.O=C(O)C(F)(F)F. The number of halogens is 3. The average Bonchev–Trinajstić information content (AvgIpc) is 2.46. The number of carboxylic acids is 1. The van der Waals surface area contributed by atoms with Crippen LogP contribution in [0.25, 0.3) is 11.0 Å². The van der Waals surface area contributed by atoms with Crippen LogP contribution >= 0.6 is 0 Å². The molecule has 0 saturated heterocycles. The Balaban J connectivity index is 0.000000381. The summed E-state index contributed by atoms with van der Waals surface area (Å²) < 4.78 is 36.8. The number of carboxylic acid groups (broad SMARTS) is 1. The average molecular weight is 360 g/mol. The van der Waals surface area contributed by atoms with E-state index in [2.05, 4.69) is 5.32 Å². The second-order valence-corrected chi connectivity index (χ2v) is 5.04. The van der Waals surface area contributed by atoms with Crippen LogP contribution < -0.4 is 16.7 Å². The summed E-state index contributed by atoms with van der Waals surface area (Å²) in [6.45, 7) is 3.43. The quantitative estimate of drug-likeness (QED) is 0.704. The van der Waals surface area contributed by atoms with E-state index >= 15 is 0 Å². The van der Waals surface area contributed by atoms with E-state index in [1.54, 1.807) is 25.1 Å². The third-order valence-corrected chi connectivity index (χ3v) is 2.87. The fraction of sp³-hybridized carbons (Fsp3) is 0.267. The number of amides is 1. The van der Waals surface area contributed by atoms with Crippen LogP contribution in [0.2, 0.25) is 0 Å². The van der Waals surface area contributed by atoms with E-state index in [-0.39, 0.29) is 5.91 Å². The fourth-order valence-electron chi connectivity index (χ4n) is 1.66. The summed E-state index contributed by atoms with van der Waals surface area (Å²) in [5.74, 6) is -3.04. The van der Waals surface area contributed by atoms with Crippen molar-refractivity contribution in [3.05, 3.63) is 40.2 Å². The van der Waals surface area contributed by atoms with E-state index in [1.807, 2.05) is 6.92 Å². The standard InChI is InChI=1S/C13H14N2O3.C2HF3O2/c1-7-5-12(16)18-11-6-9(3-4-10(7)11)15-13(17)8(2)14;3-2(4,5)1(6)7/h3-6,8H,14H2,1-2H3,(H,15,17);(H,6,7)/t8-;/m0./s1. The Bertz CT molecular complexity index is 843. The number of benzene rings is 1. The normalized spacial score (nSPS) is 12.1. The zero-order valence-electron chi connectivity index (χ0n) is 13.2. The largest absolute Gasteiger partial charge is 0.490 e. The maximum atomic E-state index is 11.5. The summed E-state index contributed by atoms with van der Waals surface area (Å²) in [5, 5.41) is 10.6.